The third-order valence-corrected chi connectivity index (χ3v) is 4.99. The van der Waals surface area contributed by atoms with Gasteiger partial charge in [-0.2, -0.15) is 0 Å². The zero-order valence-corrected chi connectivity index (χ0v) is 13.7. The quantitative estimate of drug-likeness (QED) is 0.677. The van der Waals surface area contributed by atoms with Crippen molar-refractivity contribution in [1.29, 1.82) is 0 Å². The van der Waals surface area contributed by atoms with Gasteiger partial charge in [-0.3, -0.25) is 0 Å². The minimum Gasteiger partial charge on any atom is -0.389 e. The first kappa shape index (κ1) is 16.8. The summed E-state index contributed by atoms with van der Waals surface area (Å²) in [4.78, 5) is 5.47. The summed E-state index contributed by atoms with van der Waals surface area (Å²) in [5.41, 5.74) is 2.94. The number of methoxy groups -OCH3 is 1. The normalized spacial score (nSPS) is 23.6. The summed E-state index contributed by atoms with van der Waals surface area (Å²) >= 11 is 1.66. The fraction of sp³-hybridized carbons (Fsp3) is 0.800. The molecule has 2 rings (SSSR count). The number of aromatic nitrogens is 1. The van der Waals surface area contributed by atoms with Gasteiger partial charge in [0.15, 0.2) is 0 Å². The smallest absolute Gasteiger partial charge is 0.0897 e. The predicted molar refractivity (Wildman–Crippen MR) is 83.8 cm³/mol. The highest BCUT2D eigenvalue weighted by molar-refractivity contribution is 7.09. The Balaban J connectivity index is 1.55. The molecule has 0 bridgehead atoms. The second-order valence-corrected chi connectivity index (χ2v) is 6.50. The van der Waals surface area contributed by atoms with E-state index in [-0.39, 0.29) is 6.10 Å². The van der Waals surface area contributed by atoms with Gasteiger partial charge in [0, 0.05) is 31.0 Å². The molecule has 5 nitrogen and oxygen atoms in total. The molecule has 0 aliphatic heterocycles. The first-order chi connectivity index (χ1) is 10.2. The number of aliphatic hydroxyl groups excluding tert-OH is 1. The van der Waals surface area contributed by atoms with Crippen LogP contribution in [0.4, 0.5) is 0 Å². The minimum absolute atomic E-state index is 0.285. The van der Waals surface area contributed by atoms with Crippen LogP contribution in [0.25, 0.3) is 0 Å². The Morgan fingerprint density at radius 3 is 3.10 bits per heavy atom. The van der Waals surface area contributed by atoms with Gasteiger partial charge in [-0.05, 0) is 26.2 Å². The lowest BCUT2D eigenvalue weighted by atomic mass is 10.2. The van der Waals surface area contributed by atoms with Crippen LogP contribution in [-0.2, 0) is 15.9 Å². The maximum absolute atomic E-state index is 9.94. The number of rotatable bonds is 9. The summed E-state index contributed by atoms with van der Waals surface area (Å²) in [6.45, 7) is 3.57. The van der Waals surface area contributed by atoms with Gasteiger partial charge in [-0.1, -0.05) is 0 Å². The molecule has 3 unspecified atom stereocenters. The molecule has 1 aromatic rings. The molecule has 120 valence electrons. The van der Waals surface area contributed by atoms with E-state index in [1.165, 1.54) is 11.3 Å². The molecular formula is C15H26N2O3S. The van der Waals surface area contributed by atoms with Crippen molar-refractivity contribution >= 4 is 11.3 Å². The third kappa shape index (κ3) is 5.30. The number of nitrogens with zero attached hydrogens (tertiary/aromatic N) is 1. The van der Waals surface area contributed by atoms with E-state index in [1.807, 2.05) is 12.4 Å². The van der Waals surface area contributed by atoms with E-state index in [4.69, 9.17) is 9.47 Å². The fourth-order valence-corrected chi connectivity index (χ4v) is 3.50. The molecule has 6 heteroatoms. The van der Waals surface area contributed by atoms with Gasteiger partial charge in [0.05, 0.1) is 36.6 Å². The highest BCUT2D eigenvalue weighted by Gasteiger charge is 2.26. The molecule has 1 aliphatic rings. The average Bonchev–Trinajstić information content (AvgIpc) is 3.10. The monoisotopic (exact) mass is 314 g/mol. The van der Waals surface area contributed by atoms with E-state index in [2.05, 4.69) is 10.3 Å². The Morgan fingerprint density at radius 1 is 1.52 bits per heavy atom. The molecular weight excluding hydrogens is 288 g/mol. The number of nitrogens with one attached hydrogen (secondary N) is 1. The molecule has 0 aromatic carbocycles. The van der Waals surface area contributed by atoms with E-state index in [0.717, 1.165) is 25.0 Å². The number of hydrogen-bond donors (Lipinski definition) is 2. The highest BCUT2D eigenvalue weighted by atomic mass is 32.1. The van der Waals surface area contributed by atoms with Gasteiger partial charge in [0.25, 0.3) is 0 Å². The Bertz CT molecular complexity index is 413. The Morgan fingerprint density at radius 2 is 2.38 bits per heavy atom. The van der Waals surface area contributed by atoms with E-state index in [1.54, 1.807) is 18.4 Å². The SMILES string of the molecule is COC1CCCC1NCC(O)COCCc1scnc1C. The van der Waals surface area contributed by atoms with Crippen molar-refractivity contribution in [3.63, 3.8) is 0 Å². The van der Waals surface area contributed by atoms with Crippen LogP contribution in [0, 0.1) is 6.92 Å². The van der Waals surface area contributed by atoms with Gasteiger partial charge < -0.3 is 19.9 Å². The van der Waals surface area contributed by atoms with Gasteiger partial charge in [-0.25, -0.2) is 4.98 Å². The van der Waals surface area contributed by atoms with Gasteiger partial charge >= 0.3 is 0 Å². The van der Waals surface area contributed by atoms with Crippen molar-refractivity contribution in [3.05, 3.63) is 16.1 Å². The van der Waals surface area contributed by atoms with E-state index in [9.17, 15) is 5.11 Å². The van der Waals surface area contributed by atoms with Crippen molar-refractivity contribution < 1.29 is 14.6 Å². The molecule has 1 saturated carbocycles. The molecule has 0 radical (unpaired) electrons. The molecule has 2 N–H and O–H groups in total. The lowest BCUT2D eigenvalue weighted by Crippen LogP contribution is -2.42. The number of ether oxygens (including phenoxy) is 2. The van der Waals surface area contributed by atoms with Crippen LogP contribution >= 0.6 is 11.3 Å². The summed E-state index contributed by atoms with van der Waals surface area (Å²) in [6, 6.07) is 0.365. The second kappa shape index (κ2) is 8.80. The fourth-order valence-electron chi connectivity index (χ4n) is 2.74. The minimum atomic E-state index is -0.467. The lowest BCUT2D eigenvalue weighted by Gasteiger charge is -2.21. The van der Waals surface area contributed by atoms with Gasteiger partial charge in [0.1, 0.15) is 0 Å². The van der Waals surface area contributed by atoms with Crippen molar-refractivity contribution in [3.8, 4) is 0 Å². The molecule has 0 spiro atoms. The van der Waals surface area contributed by atoms with Crippen molar-refractivity contribution in [1.82, 2.24) is 10.3 Å². The summed E-state index contributed by atoms with van der Waals surface area (Å²) < 4.78 is 11.0. The Hall–Kier alpha value is -0.530. The summed E-state index contributed by atoms with van der Waals surface area (Å²) in [5.74, 6) is 0. The average molecular weight is 314 g/mol. The van der Waals surface area contributed by atoms with Crippen molar-refractivity contribution in [2.45, 2.75) is 50.9 Å². The van der Waals surface area contributed by atoms with Crippen LogP contribution in [0.2, 0.25) is 0 Å². The van der Waals surface area contributed by atoms with Crippen LogP contribution in [0.3, 0.4) is 0 Å². The Kier molecular flexibility index (Phi) is 7.06. The predicted octanol–water partition coefficient (Wildman–Crippen LogP) is 1.53. The lowest BCUT2D eigenvalue weighted by molar-refractivity contribution is 0.0308. The number of aliphatic hydroxyl groups is 1. The highest BCUT2D eigenvalue weighted by Crippen LogP contribution is 2.21. The first-order valence-corrected chi connectivity index (χ1v) is 8.49. The first-order valence-electron chi connectivity index (χ1n) is 7.61. The van der Waals surface area contributed by atoms with Crippen LogP contribution in [0.5, 0.6) is 0 Å². The van der Waals surface area contributed by atoms with E-state index < -0.39 is 6.10 Å². The molecule has 1 aliphatic carbocycles. The second-order valence-electron chi connectivity index (χ2n) is 5.56. The van der Waals surface area contributed by atoms with Crippen LogP contribution in [0.15, 0.2) is 5.51 Å². The zero-order valence-electron chi connectivity index (χ0n) is 12.9. The number of hydrogen-bond acceptors (Lipinski definition) is 6. The number of aryl methyl sites for hydroxylation is 1. The molecule has 3 atom stereocenters. The standard InChI is InChI=1S/C15H26N2O3S/c1-11-15(21-10-17-11)6-7-20-9-12(18)8-16-13-4-3-5-14(13)19-2/h10,12-14,16,18H,3-9H2,1-2H3. The van der Waals surface area contributed by atoms with Crippen molar-refractivity contribution in [2.75, 3.05) is 26.9 Å². The largest absolute Gasteiger partial charge is 0.389 e. The summed E-state index contributed by atoms with van der Waals surface area (Å²) in [7, 11) is 1.76. The molecule has 1 aromatic heterocycles. The molecule has 21 heavy (non-hydrogen) atoms. The molecule has 1 fully saturated rings. The Labute approximate surface area is 130 Å². The van der Waals surface area contributed by atoms with E-state index >= 15 is 0 Å². The van der Waals surface area contributed by atoms with Crippen LogP contribution in [-0.4, -0.2) is 55.2 Å². The van der Waals surface area contributed by atoms with E-state index in [0.29, 0.717) is 25.8 Å². The maximum Gasteiger partial charge on any atom is 0.0897 e. The number of thiazole rings is 1. The topological polar surface area (TPSA) is 63.6 Å². The van der Waals surface area contributed by atoms with Gasteiger partial charge in [-0.15, -0.1) is 11.3 Å². The molecule has 0 amide bonds. The van der Waals surface area contributed by atoms with Crippen molar-refractivity contribution in [2.24, 2.45) is 0 Å². The molecule has 0 saturated heterocycles. The van der Waals surface area contributed by atoms with Crippen LogP contribution < -0.4 is 5.32 Å². The zero-order chi connectivity index (χ0) is 15.1. The van der Waals surface area contributed by atoms with Gasteiger partial charge in [0.2, 0.25) is 0 Å². The summed E-state index contributed by atoms with van der Waals surface area (Å²) in [5, 5.41) is 13.3. The molecule has 1 heterocycles. The summed E-state index contributed by atoms with van der Waals surface area (Å²) in [6.07, 6.45) is 4.10. The maximum atomic E-state index is 9.94. The third-order valence-electron chi connectivity index (χ3n) is 4.00. The van der Waals surface area contributed by atoms with Crippen LogP contribution in [0.1, 0.15) is 29.8 Å².